The average Bonchev–Trinajstić information content (AvgIpc) is 2.03. The van der Waals surface area contributed by atoms with Crippen molar-refractivity contribution in [1.29, 1.82) is 0 Å². The lowest BCUT2D eigenvalue weighted by atomic mass is 10.3. The van der Waals surface area contributed by atoms with Gasteiger partial charge in [0.15, 0.2) is 0 Å². The van der Waals surface area contributed by atoms with Gasteiger partial charge in [0.2, 0.25) is 6.29 Å². The van der Waals surface area contributed by atoms with E-state index in [0.717, 1.165) is 0 Å². The number of hydrogen-bond donors (Lipinski definition) is 2. The molecule has 0 saturated carbocycles. The summed E-state index contributed by atoms with van der Waals surface area (Å²) in [7, 11) is 0. The monoisotopic (exact) mass is 149 g/mol. The van der Waals surface area contributed by atoms with Crippen LogP contribution in [0.1, 0.15) is 5.69 Å². The molecule has 0 spiro atoms. The zero-order valence-corrected chi connectivity index (χ0v) is 5.73. The Morgan fingerprint density at radius 3 is 2.73 bits per heavy atom. The first-order valence-corrected chi connectivity index (χ1v) is 3.08. The van der Waals surface area contributed by atoms with Gasteiger partial charge in [-0.3, -0.25) is 0 Å². The van der Waals surface area contributed by atoms with Crippen LogP contribution in [0.3, 0.4) is 0 Å². The van der Waals surface area contributed by atoms with Gasteiger partial charge in [-0.05, 0) is 24.0 Å². The van der Waals surface area contributed by atoms with E-state index in [-0.39, 0.29) is 0 Å². The summed E-state index contributed by atoms with van der Waals surface area (Å²) in [4.78, 5) is 3.85. The van der Waals surface area contributed by atoms with Crippen molar-refractivity contribution >= 4 is 0 Å². The predicted octanol–water partition coefficient (Wildman–Crippen LogP) is -0.256. The van der Waals surface area contributed by atoms with Crippen LogP contribution in [0.15, 0.2) is 24.4 Å². The smallest absolute Gasteiger partial charge is 0.217 e. The number of rotatable bonds is 0. The van der Waals surface area contributed by atoms with Crippen LogP contribution in [0.2, 0.25) is 0 Å². The third kappa shape index (κ3) is 2.80. The van der Waals surface area contributed by atoms with Gasteiger partial charge in [-0.2, -0.15) is 0 Å². The van der Waals surface area contributed by atoms with Crippen molar-refractivity contribution < 1.29 is 10.2 Å². The minimum Gasteiger partial charge on any atom is -0.358 e. The molecule has 0 amide bonds. The molecule has 3 heteroatoms. The molecule has 56 valence electrons. The Labute approximate surface area is 64.3 Å². The maximum Gasteiger partial charge on any atom is 0.217 e. The third-order valence-electron chi connectivity index (χ3n) is 0.994. The van der Waals surface area contributed by atoms with Crippen molar-refractivity contribution in [2.45, 2.75) is 6.29 Å². The van der Waals surface area contributed by atoms with Crippen LogP contribution in [0.5, 0.6) is 0 Å². The van der Waals surface area contributed by atoms with Gasteiger partial charge < -0.3 is 10.2 Å². The molecule has 0 radical (unpaired) electrons. The van der Waals surface area contributed by atoms with E-state index in [1.54, 1.807) is 24.4 Å². The molecule has 11 heavy (non-hydrogen) atoms. The molecule has 0 saturated heterocycles. The van der Waals surface area contributed by atoms with E-state index in [0.29, 0.717) is 5.69 Å². The predicted molar refractivity (Wildman–Crippen MR) is 39.3 cm³/mol. The van der Waals surface area contributed by atoms with Gasteiger partial charge in [0.25, 0.3) is 0 Å². The van der Waals surface area contributed by atoms with Crippen molar-refractivity contribution in [3.63, 3.8) is 0 Å². The van der Waals surface area contributed by atoms with E-state index >= 15 is 0 Å². The summed E-state index contributed by atoms with van der Waals surface area (Å²) < 4.78 is 0. The minimum absolute atomic E-state index is 0.528. The fourth-order valence-electron chi connectivity index (χ4n) is 0.575. The first-order valence-electron chi connectivity index (χ1n) is 3.08. The molecule has 0 aromatic carbocycles. The molecule has 0 atom stereocenters. The molecule has 1 aromatic heterocycles. The number of aliphatic hydroxyl groups is 2. The van der Waals surface area contributed by atoms with Crippen LogP contribution in [0.4, 0.5) is 0 Å². The van der Waals surface area contributed by atoms with Gasteiger partial charge in [-0.25, -0.2) is 4.98 Å². The first kappa shape index (κ1) is 7.73. The first-order chi connectivity index (χ1) is 5.29. The maximum absolute atomic E-state index is 8.37. The summed E-state index contributed by atoms with van der Waals surface area (Å²) >= 11 is 0. The van der Waals surface area contributed by atoms with Crippen molar-refractivity contribution in [2.75, 3.05) is 0 Å². The van der Waals surface area contributed by atoms with Gasteiger partial charge in [-0.15, -0.1) is 0 Å². The number of aromatic nitrogens is 1. The van der Waals surface area contributed by atoms with Crippen LogP contribution in [-0.4, -0.2) is 21.5 Å². The molecule has 1 rings (SSSR count). The molecule has 0 aliphatic carbocycles. The Kier molecular flexibility index (Phi) is 2.61. The topological polar surface area (TPSA) is 53.4 Å². The summed E-state index contributed by atoms with van der Waals surface area (Å²) in [6, 6.07) is 5.23. The van der Waals surface area contributed by atoms with E-state index in [1.165, 1.54) is 0 Å². The normalized spacial score (nSPS) is 9.00. The molecule has 0 aliphatic heterocycles. The van der Waals surface area contributed by atoms with Crippen molar-refractivity contribution in [3.05, 3.63) is 30.1 Å². The Balaban J connectivity index is 2.75. The number of nitrogens with zero attached hydrogens (tertiary/aromatic N) is 1. The van der Waals surface area contributed by atoms with Crippen LogP contribution < -0.4 is 0 Å². The fraction of sp³-hybridized carbons (Fsp3) is 0.125. The maximum atomic E-state index is 8.37. The molecule has 3 nitrogen and oxygen atoms in total. The zero-order valence-electron chi connectivity index (χ0n) is 5.73. The van der Waals surface area contributed by atoms with Crippen molar-refractivity contribution in [2.24, 2.45) is 0 Å². The molecule has 0 unspecified atom stereocenters. The minimum atomic E-state index is -1.59. The second-order valence-corrected chi connectivity index (χ2v) is 1.86. The van der Waals surface area contributed by atoms with E-state index in [1.807, 2.05) is 0 Å². The molecule has 0 aliphatic rings. The molecular formula is C8H7NO2. The summed E-state index contributed by atoms with van der Waals surface area (Å²) in [5, 5.41) is 16.7. The lowest BCUT2D eigenvalue weighted by molar-refractivity contribution is 0.0108. The Bertz CT molecular complexity index is 271. The standard InChI is InChI=1S/C8H7NO2/c10-8(11)5-4-7-3-1-2-6-9-7/h1-3,6,8,10-11H. The number of aliphatic hydroxyl groups excluding tert-OH is 1. The van der Waals surface area contributed by atoms with Crippen molar-refractivity contribution in [3.8, 4) is 11.8 Å². The highest BCUT2D eigenvalue weighted by atomic mass is 16.5. The van der Waals surface area contributed by atoms with Gasteiger partial charge in [0.05, 0.1) is 0 Å². The summed E-state index contributed by atoms with van der Waals surface area (Å²) in [6.07, 6.45) is 0.00493. The van der Waals surface area contributed by atoms with Gasteiger partial charge >= 0.3 is 0 Å². The highest BCUT2D eigenvalue weighted by Crippen LogP contribution is 1.88. The SMILES string of the molecule is OC(O)C#Cc1ccccn1. The number of pyridine rings is 1. The van der Waals surface area contributed by atoms with Crippen LogP contribution >= 0.6 is 0 Å². The van der Waals surface area contributed by atoms with Gasteiger partial charge in [0, 0.05) is 6.20 Å². The van der Waals surface area contributed by atoms with Crippen LogP contribution in [0.25, 0.3) is 0 Å². The largest absolute Gasteiger partial charge is 0.358 e. The summed E-state index contributed by atoms with van der Waals surface area (Å²) in [5.74, 6) is 4.64. The lowest BCUT2D eigenvalue weighted by Gasteiger charge is -1.87. The van der Waals surface area contributed by atoms with E-state index in [9.17, 15) is 0 Å². The highest BCUT2D eigenvalue weighted by molar-refractivity contribution is 5.26. The molecule has 0 fully saturated rings. The van der Waals surface area contributed by atoms with Crippen LogP contribution in [0, 0.1) is 11.8 Å². The second kappa shape index (κ2) is 3.71. The fourth-order valence-corrected chi connectivity index (χ4v) is 0.575. The Morgan fingerprint density at radius 2 is 2.18 bits per heavy atom. The zero-order chi connectivity index (χ0) is 8.10. The van der Waals surface area contributed by atoms with E-state index in [2.05, 4.69) is 16.8 Å². The molecule has 0 bridgehead atoms. The van der Waals surface area contributed by atoms with E-state index < -0.39 is 6.29 Å². The second-order valence-electron chi connectivity index (χ2n) is 1.86. The summed E-state index contributed by atoms with van der Waals surface area (Å²) in [5.41, 5.74) is 0.528. The molecule has 1 heterocycles. The third-order valence-corrected chi connectivity index (χ3v) is 0.994. The Morgan fingerprint density at radius 1 is 1.36 bits per heavy atom. The summed E-state index contributed by atoms with van der Waals surface area (Å²) in [6.45, 7) is 0. The molecule has 2 N–H and O–H groups in total. The van der Waals surface area contributed by atoms with Crippen LogP contribution in [-0.2, 0) is 0 Å². The number of hydrogen-bond acceptors (Lipinski definition) is 3. The molecular weight excluding hydrogens is 142 g/mol. The lowest BCUT2D eigenvalue weighted by Crippen LogP contribution is -1.98. The van der Waals surface area contributed by atoms with E-state index in [4.69, 9.17) is 10.2 Å². The van der Waals surface area contributed by atoms with Gasteiger partial charge in [-0.1, -0.05) is 6.07 Å². The average molecular weight is 149 g/mol. The van der Waals surface area contributed by atoms with Crippen molar-refractivity contribution in [1.82, 2.24) is 4.98 Å². The Hall–Kier alpha value is -1.37. The quantitative estimate of drug-likeness (QED) is 0.395. The van der Waals surface area contributed by atoms with Gasteiger partial charge in [0.1, 0.15) is 5.69 Å². The highest BCUT2D eigenvalue weighted by Gasteiger charge is 1.86. The molecule has 1 aromatic rings.